The zero-order valence-electron chi connectivity index (χ0n) is 10.5. The summed E-state index contributed by atoms with van der Waals surface area (Å²) in [5, 5.41) is 0. The highest BCUT2D eigenvalue weighted by Crippen LogP contribution is 2.28. The van der Waals surface area contributed by atoms with Crippen LogP contribution in [0.5, 0.6) is 0 Å². The van der Waals surface area contributed by atoms with Crippen molar-refractivity contribution in [1.82, 2.24) is 4.31 Å². The minimum absolute atomic E-state index is 0.0346. The zero-order valence-corrected chi connectivity index (χ0v) is 11.3. The lowest BCUT2D eigenvalue weighted by molar-refractivity contribution is 0.221. The molecule has 0 heterocycles. The Kier molecular flexibility index (Phi) is 3.66. The second-order valence-electron chi connectivity index (χ2n) is 4.65. The van der Waals surface area contributed by atoms with E-state index in [1.807, 2.05) is 0 Å². The van der Waals surface area contributed by atoms with Crippen LogP contribution in [0.1, 0.15) is 25.7 Å². The number of anilines is 1. The normalized spacial score (nSPS) is 16.4. The van der Waals surface area contributed by atoms with Crippen LogP contribution in [0.25, 0.3) is 0 Å². The van der Waals surface area contributed by atoms with E-state index in [9.17, 15) is 13.2 Å². The minimum Gasteiger partial charge on any atom is -0.399 e. The van der Waals surface area contributed by atoms with Crippen LogP contribution in [0, 0.1) is 0 Å². The van der Waals surface area contributed by atoms with E-state index in [0.717, 1.165) is 17.1 Å². The van der Waals surface area contributed by atoms with Crippen molar-refractivity contribution in [3.05, 3.63) is 24.3 Å². The van der Waals surface area contributed by atoms with Crippen molar-refractivity contribution in [3.8, 4) is 0 Å². The smallest absolute Gasteiger partial charge is 0.328 e. The van der Waals surface area contributed by atoms with E-state index in [2.05, 4.69) is 0 Å². The summed E-state index contributed by atoms with van der Waals surface area (Å²) in [6.45, 7) is 0. The SMILES string of the molecule is NC(=O)N(C1CCCC1)S(=O)(=O)c1ccc(N)cc1. The first kappa shape index (κ1) is 13.7. The van der Waals surface area contributed by atoms with Gasteiger partial charge in [0.25, 0.3) is 10.0 Å². The van der Waals surface area contributed by atoms with Crippen molar-refractivity contribution in [3.63, 3.8) is 0 Å². The first-order valence-corrected chi connectivity index (χ1v) is 7.56. The molecule has 7 heteroatoms. The van der Waals surface area contributed by atoms with Gasteiger partial charge in [-0.1, -0.05) is 12.8 Å². The number of urea groups is 1. The van der Waals surface area contributed by atoms with Crippen LogP contribution in [-0.4, -0.2) is 24.8 Å². The second kappa shape index (κ2) is 5.08. The molecule has 0 bridgehead atoms. The molecule has 1 saturated carbocycles. The number of benzene rings is 1. The fourth-order valence-corrected chi connectivity index (χ4v) is 3.93. The lowest BCUT2D eigenvalue weighted by Crippen LogP contribution is -2.46. The molecule has 0 aromatic heterocycles. The maximum atomic E-state index is 12.5. The first-order chi connectivity index (χ1) is 8.93. The van der Waals surface area contributed by atoms with Crippen LogP contribution >= 0.6 is 0 Å². The fraction of sp³-hybridized carbons (Fsp3) is 0.417. The number of amides is 2. The summed E-state index contributed by atoms with van der Waals surface area (Å²) in [6.07, 6.45) is 3.14. The third-order valence-electron chi connectivity index (χ3n) is 3.31. The molecule has 1 aliphatic rings. The van der Waals surface area contributed by atoms with Gasteiger partial charge in [0.05, 0.1) is 10.9 Å². The zero-order chi connectivity index (χ0) is 14.0. The van der Waals surface area contributed by atoms with Gasteiger partial charge in [0.1, 0.15) is 0 Å². The molecule has 0 unspecified atom stereocenters. The van der Waals surface area contributed by atoms with Gasteiger partial charge in [0, 0.05) is 5.69 Å². The summed E-state index contributed by atoms with van der Waals surface area (Å²) < 4.78 is 25.7. The van der Waals surface area contributed by atoms with Crippen molar-refractivity contribution in [2.75, 3.05) is 5.73 Å². The summed E-state index contributed by atoms with van der Waals surface area (Å²) in [5.74, 6) is 0. The minimum atomic E-state index is -3.90. The Morgan fingerprint density at radius 2 is 1.68 bits per heavy atom. The van der Waals surface area contributed by atoms with Gasteiger partial charge in [-0.2, -0.15) is 0 Å². The van der Waals surface area contributed by atoms with Crippen molar-refractivity contribution in [2.45, 2.75) is 36.6 Å². The lowest BCUT2D eigenvalue weighted by Gasteiger charge is -2.26. The molecule has 0 aliphatic heterocycles. The topological polar surface area (TPSA) is 106 Å². The van der Waals surface area contributed by atoms with Gasteiger partial charge in [0.15, 0.2) is 0 Å². The number of nitrogens with two attached hydrogens (primary N) is 2. The predicted molar refractivity (Wildman–Crippen MR) is 71.7 cm³/mol. The van der Waals surface area contributed by atoms with Crippen LogP contribution in [0.4, 0.5) is 10.5 Å². The fourth-order valence-electron chi connectivity index (χ4n) is 2.39. The molecule has 1 aromatic carbocycles. The van der Waals surface area contributed by atoms with Gasteiger partial charge < -0.3 is 11.5 Å². The molecular formula is C12H17N3O3S. The summed E-state index contributed by atoms with van der Waals surface area (Å²) in [4.78, 5) is 11.6. The van der Waals surface area contributed by atoms with Crippen molar-refractivity contribution < 1.29 is 13.2 Å². The Hall–Kier alpha value is -1.76. The van der Waals surface area contributed by atoms with Crippen molar-refractivity contribution in [2.24, 2.45) is 5.73 Å². The van der Waals surface area contributed by atoms with Gasteiger partial charge >= 0.3 is 6.03 Å². The number of rotatable bonds is 3. The summed E-state index contributed by atoms with van der Waals surface area (Å²) >= 11 is 0. The Balaban J connectivity index is 2.39. The number of carbonyl (C=O) groups excluding carboxylic acids is 1. The molecule has 2 rings (SSSR count). The maximum absolute atomic E-state index is 12.5. The molecule has 0 radical (unpaired) electrons. The molecule has 19 heavy (non-hydrogen) atoms. The highest BCUT2D eigenvalue weighted by Gasteiger charge is 2.35. The molecule has 0 spiro atoms. The Bertz CT molecular complexity index is 562. The maximum Gasteiger partial charge on any atom is 0.328 e. The number of sulfonamides is 1. The van der Waals surface area contributed by atoms with E-state index in [0.29, 0.717) is 18.5 Å². The quantitative estimate of drug-likeness (QED) is 0.815. The highest BCUT2D eigenvalue weighted by atomic mass is 32.2. The van der Waals surface area contributed by atoms with E-state index in [4.69, 9.17) is 11.5 Å². The lowest BCUT2D eigenvalue weighted by atomic mass is 10.2. The van der Waals surface area contributed by atoms with E-state index in [-0.39, 0.29) is 10.9 Å². The van der Waals surface area contributed by atoms with Crippen molar-refractivity contribution >= 4 is 21.7 Å². The number of primary amides is 1. The molecule has 2 amide bonds. The molecule has 1 fully saturated rings. The van der Waals surface area contributed by atoms with Crippen molar-refractivity contribution in [1.29, 1.82) is 0 Å². The molecule has 4 N–H and O–H groups in total. The third kappa shape index (κ3) is 2.65. The summed E-state index contributed by atoms with van der Waals surface area (Å²) in [6, 6.07) is 4.48. The number of carbonyl (C=O) groups is 1. The van der Waals surface area contributed by atoms with E-state index >= 15 is 0 Å². The first-order valence-electron chi connectivity index (χ1n) is 6.12. The van der Waals surface area contributed by atoms with Gasteiger partial charge in [-0.05, 0) is 37.1 Å². The van der Waals surface area contributed by atoms with E-state index < -0.39 is 16.1 Å². The second-order valence-corrected chi connectivity index (χ2v) is 6.46. The Morgan fingerprint density at radius 1 is 1.16 bits per heavy atom. The highest BCUT2D eigenvalue weighted by molar-refractivity contribution is 7.89. The number of hydrogen-bond acceptors (Lipinski definition) is 4. The summed E-state index contributed by atoms with van der Waals surface area (Å²) in [5.41, 5.74) is 11.2. The standard InChI is InChI=1S/C12H17N3O3S/c13-9-5-7-11(8-6-9)19(17,18)15(12(14)16)10-3-1-2-4-10/h5-8,10H,1-4,13H2,(H2,14,16). The molecule has 1 aromatic rings. The van der Waals surface area contributed by atoms with Crippen LogP contribution < -0.4 is 11.5 Å². The predicted octanol–water partition coefficient (Wildman–Crippen LogP) is 1.28. The Labute approximate surface area is 112 Å². The molecule has 1 aliphatic carbocycles. The Morgan fingerprint density at radius 3 is 2.16 bits per heavy atom. The van der Waals surface area contributed by atoms with E-state index in [1.54, 1.807) is 0 Å². The average molecular weight is 283 g/mol. The molecule has 104 valence electrons. The number of nitrogen functional groups attached to an aromatic ring is 1. The van der Waals surface area contributed by atoms with Gasteiger partial charge in [-0.3, -0.25) is 0 Å². The largest absolute Gasteiger partial charge is 0.399 e. The average Bonchev–Trinajstić information content (AvgIpc) is 2.82. The van der Waals surface area contributed by atoms with E-state index in [1.165, 1.54) is 24.3 Å². The number of hydrogen-bond donors (Lipinski definition) is 2. The monoisotopic (exact) mass is 283 g/mol. The third-order valence-corrected chi connectivity index (χ3v) is 5.17. The van der Waals surface area contributed by atoms with Crippen LogP contribution in [0.15, 0.2) is 29.2 Å². The van der Waals surface area contributed by atoms with Crippen LogP contribution in [0.2, 0.25) is 0 Å². The number of nitrogens with zero attached hydrogens (tertiary/aromatic N) is 1. The molecule has 0 saturated heterocycles. The molecule has 6 nitrogen and oxygen atoms in total. The summed E-state index contributed by atoms with van der Waals surface area (Å²) in [7, 11) is -3.90. The molecule has 0 atom stereocenters. The van der Waals surface area contributed by atoms with Gasteiger partial charge in [-0.25, -0.2) is 17.5 Å². The van der Waals surface area contributed by atoms with Crippen LogP contribution in [0.3, 0.4) is 0 Å². The van der Waals surface area contributed by atoms with Gasteiger partial charge in [-0.15, -0.1) is 0 Å². The van der Waals surface area contributed by atoms with Crippen LogP contribution in [-0.2, 0) is 10.0 Å². The van der Waals surface area contributed by atoms with Gasteiger partial charge in [0.2, 0.25) is 0 Å². The molecular weight excluding hydrogens is 266 g/mol.